The molecule has 2 bridgehead atoms. The van der Waals surface area contributed by atoms with Crippen molar-refractivity contribution in [2.45, 2.75) is 64.0 Å². The molecule has 0 radical (unpaired) electrons. The molecule has 2 fully saturated rings. The minimum Gasteiger partial charge on any atom is -0.342 e. The summed E-state index contributed by atoms with van der Waals surface area (Å²) in [5.74, 6) is 2.16. The molecular formula is C24H29N3. The number of fused-ring (bicyclic) bond motifs is 3. The smallest absolute Gasteiger partial charge is 0.112 e. The molecule has 0 amide bonds. The van der Waals surface area contributed by atoms with Gasteiger partial charge < -0.3 is 4.98 Å². The summed E-state index contributed by atoms with van der Waals surface area (Å²) in [5, 5.41) is 0. The molecule has 3 nitrogen and oxygen atoms in total. The van der Waals surface area contributed by atoms with Crippen molar-refractivity contribution in [1.29, 1.82) is 0 Å². The van der Waals surface area contributed by atoms with Gasteiger partial charge in [0.1, 0.15) is 5.82 Å². The number of hydrogen-bond donors (Lipinski definition) is 1. The zero-order chi connectivity index (χ0) is 18.7. The van der Waals surface area contributed by atoms with Crippen LogP contribution in [-0.2, 0) is 0 Å². The molecule has 0 saturated carbocycles. The highest BCUT2D eigenvalue weighted by Crippen LogP contribution is 2.50. The molecule has 2 saturated heterocycles. The average molecular weight is 360 g/mol. The second kappa shape index (κ2) is 6.20. The van der Waals surface area contributed by atoms with Gasteiger partial charge in [-0.1, -0.05) is 29.8 Å². The van der Waals surface area contributed by atoms with Crippen LogP contribution in [0.5, 0.6) is 0 Å². The van der Waals surface area contributed by atoms with Gasteiger partial charge in [0.15, 0.2) is 0 Å². The van der Waals surface area contributed by atoms with E-state index in [1.807, 2.05) is 0 Å². The van der Waals surface area contributed by atoms with Gasteiger partial charge in [0, 0.05) is 18.0 Å². The lowest BCUT2D eigenvalue weighted by molar-refractivity contribution is 0.134. The average Bonchev–Trinajstić information content (AvgIpc) is 3.13. The number of benzene rings is 2. The molecule has 4 atom stereocenters. The number of nitrogens with one attached hydrogen (secondary N) is 1. The highest BCUT2D eigenvalue weighted by molar-refractivity contribution is 5.77. The molecule has 1 N–H and O–H groups in total. The minimum absolute atomic E-state index is 0.435. The number of hydrogen-bond acceptors (Lipinski definition) is 2. The molecule has 0 spiro atoms. The maximum atomic E-state index is 5.10. The van der Waals surface area contributed by atoms with E-state index in [0.717, 1.165) is 5.52 Å². The number of aromatic nitrogens is 2. The van der Waals surface area contributed by atoms with E-state index in [4.69, 9.17) is 4.98 Å². The lowest BCUT2D eigenvalue weighted by Crippen LogP contribution is -2.44. The van der Waals surface area contributed by atoms with Crippen molar-refractivity contribution in [3.63, 3.8) is 0 Å². The molecule has 1 aromatic heterocycles. The molecule has 3 heterocycles. The van der Waals surface area contributed by atoms with E-state index in [0.29, 0.717) is 23.9 Å². The molecule has 2 aliphatic heterocycles. The van der Waals surface area contributed by atoms with Crippen LogP contribution in [0.15, 0.2) is 36.4 Å². The summed E-state index contributed by atoms with van der Waals surface area (Å²) in [6.07, 6.45) is 3.83. The summed E-state index contributed by atoms with van der Waals surface area (Å²) in [4.78, 5) is 11.4. The van der Waals surface area contributed by atoms with E-state index in [9.17, 15) is 0 Å². The molecule has 3 aromatic rings. The maximum Gasteiger partial charge on any atom is 0.112 e. The number of likely N-dealkylation sites (N-methyl/N-ethyl adjacent to an activating group) is 1. The molecule has 3 heteroatoms. The Morgan fingerprint density at radius 2 is 1.74 bits per heavy atom. The Labute approximate surface area is 161 Å². The first-order chi connectivity index (χ1) is 13.0. The molecule has 2 aromatic carbocycles. The van der Waals surface area contributed by atoms with Gasteiger partial charge in [-0.2, -0.15) is 0 Å². The van der Waals surface area contributed by atoms with E-state index < -0.39 is 0 Å². The van der Waals surface area contributed by atoms with Crippen LogP contribution in [0.3, 0.4) is 0 Å². The van der Waals surface area contributed by atoms with Crippen LogP contribution < -0.4 is 0 Å². The Balaban J connectivity index is 1.62. The third-order valence-electron chi connectivity index (χ3n) is 7.21. The molecule has 0 aliphatic carbocycles. The van der Waals surface area contributed by atoms with Crippen LogP contribution in [0.1, 0.15) is 59.2 Å². The summed E-state index contributed by atoms with van der Waals surface area (Å²) >= 11 is 0. The van der Waals surface area contributed by atoms with Crippen molar-refractivity contribution < 1.29 is 0 Å². The fraction of sp³-hybridized carbons (Fsp3) is 0.458. The Kier molecular flexibility index (Phi) is 3.90. The van der Waals surface area contributed by atoms with Crippen LogP contribution in [0.2, 0.25) is 0 Å². The van der Waals surface area contributed by atoms with E-state index in [1.54, 1.807) is 0 Å². The standard InChI is InChI=1S/C24H29N3/c1-14-5-7-17(8-6-14)19-13-18-9-10-22(27(18)4)23(19)24-25-20-11-15(2)16(3)12-21(20)26-24/h5-8,11-12,18-19,22-23H,9-10,13H2,1-4H3,(H,25,26)/t18-,19-,22?,23+/m1/s1. The van der Waals surface area contributed by atoms with E-state index in [1.165, 1.54) is 52.9 Å². The lowest BCUT2D eigenvalue weighted by atomic mass is 9.75. The van der Waals surface area contributed by atoms with Crippen LogP contribution in [0.4, 0.5) is 0 Å². The highest BCUT2D eigenvalue weighted by Gasteiger charge is 2.47. The molecular weight excluding hydrogens is 330 g/mol. The number of imidazole rings is 1. The summed E-state index contributed by atoms with van der Waals surface area (Å²) in [7, 11) is 2.32. The monoisotopic (exact) mass is 359 g/mol. The quantitative estimate of drug-likeness (QED) is 0.680. The molecule has 2 aliphatic rings. The lowest BCUT2D eigenvalue weighted by Gasteiger charge is -2.42. The second-order valence-corrected chi connectivity index (χ2v) is 8.82. The van der Waals surface area contributed by atoms with Gasteiger partial charge in [-0.15, -0.1) is 0 Å². The number of piperidine rings is 1. The number of nitrogens with zero attached hydrogens (tertiary/aromatic N) is 2. The first-order valence-electron chi connectivity index (χ1n) is 10.3. The summed E-state index contributed by atoms with van der Waals surface area (Å²) in [5.41, 5.74) is 7.74. The predicted molar refractivity (Wildman–Crippen MR) is 111 cm³/mol. The first kappa shape index (κ1) is 17.0. The first-order valence-corrected chi connectivity index (χ1v) is 10.3. The molecule has 1 unspecified atom stereocenters. The Bertz CT molecular complexity index is 946. The van der Waals surface area contributed by atoms with Crippen LogP contribution >= 0.6 is 0 Å². The van der Waals surface area contributed by atoms with Crippen molar-refractivity contribution in [3.05, 3.63) is 64.5 Å². The topological polar surface area (TPSA) is 31.9 Å². The SMILES string of the molecule is Cc1ccc([C@H]2C[C@H]3CCC([C@H]2c2nc4cc(C)c(C)cc4[nH]2)N3C)cc1. The predicted octanol–water partition coefficient (Wildman–Crippen LogP) is 5.22. The van der Waals surface area contributed by atoms with Crippen molar-refractivity contribution in [1.82, 2.24) is 14.9 Å². The fourth-order valence-corrected chi connectivity index (χ4v) is 5.44. The van der Waals surface area contributed by atoms with E-state index in [2.05, 4.69) is 74.1 Å². The van der Waals surface area contributed by atoms with E-state index in [-0.39, 0.29) is 0 Å². The minimum atomic E-state index is 0.435. The van der Waals surface area contributed by atoms with Crippen molar-refractivity contribution >= 4 is 11.0 Å². The Hall–Kier alpha value is -2.13. The number of aromatic amines is 1. The molecule has 27 heavy (non-hydrogen) atoms. The van der Waals surface area contributed by atoms with Crippen molar-refractivity contribution in [2.75, 3.05) is 7.05 Å². The number of rotatable bonds is 2. The third kappa shape index (κ3) is 2.71. The van der Waals surface area contributed by atoms with Crippen molar-refractivity contribution in [2.24, 2.45) is 0 Å². The third-order valence-corrected chi connectivity index (χ3v) is 7.21. The van der Waals surface area contributed by atoms with Crippen LogP contribution in [0, 0.1) is 20.8 Å². The Morgan fingerprint density at radius 3 is 2.52 bits per heavy atom. The van der Waals surface area contributed by atoms with Crippen molar-refractivity contribution in [3.8, 4) is 0 Å². The molecule has 5 rings (SSSR count). The zero-order valence-corrected chi connectivity index (χ0v) is 16.8. The Morgan fingerprint density at radius 1 is 1.00 bits per heavy atom. The van der Waals surface area contributed by atoms with Gasteiger partial charge in [0.2, 0.25) is 0 Å². The van der Waals surface area contributed by atoms with Gasteiger partial charge in [-0.25, -0.2) is 4.98 Å². The summed E-state index contributed by atoms with van der Waals surface area (Å²) in [6, 6.07) is 15.0. The van der Waals surface area contributed by atoms with Crippen LogP contribution in [0.25, 0.3) is 11.0 Å². The fourth-order valence-electron chi connectivity index (χ4n) is 5.44. The maximum absolute atomic E-state index is 5.10. The van der Waals surface area contributed by atoms with Gasteiger partial charge in [0.25, 0.3) is 0 Å². The van der Waals surface area contributed by atoms with Gasteiger partial charge in [-0.3, -0.25) is 4.90 Å². The number of H-pyrrole nitrogens is 1. The van der Waals surface area contributed by atoms with E-state index >= 15 is 0 Å². The normalized spacial score (nSPS) is 28.1. The summed E-state index contributed by atoms with van der Waals surface area (Å²) < 4.78 is 0. The zero-order valence-electron chi connectivity index (χ0n) is 16.8. The largest absolute Gasteiger partial charge is 0.342 e. The number of aryl methyl sites for hydroxylation is 3. The highest BCUT2D eigenvalue weighted by atomic mass is 15.2. The second-order valence-electron chi connectivity index (χ2n) is 8.82. The van der Waals surface area contributed by atoms with Crippen LogP contribution in [-0.4, -0.2) is 34.0 Å². The van der Waals surface area contributed by atoms with Gasteiger partial charge in [0.05, 0.1) is 11.0 Å². The summed E-state index contributed by atoms with van der Waals surface area (Å²) in [6.45, 7) is 6.53. The van der Waals surface area contributed by atoms with Gasteiger partial charge >= 0.3 is 0 Å². The van der Waals surface area contributed by atoms with Gasteiger partial charge in [-0.05, 0) is 81.8 Å². The molecule has 140 valence electrons.